The molecule has 1 heterocycles. The van der Waals surface area contributed by atoms with Gasteiger partial charge in [-0.2, -0.15) is 0 Å². The molecular formula is C14H13NO. The first-order valence-corrected chi connectivity index (χ1v) is 5.58. The van der Waals surface area contributed by atoms with Crippen LogP contribution in [0.4, 0.5) is 0 Å². The van der Waals surface area contributed by atoms with Gasteiger partial charge in [0, 0.05) is 28.8 Å². The molecule has 1 aromatic carbocycles. The van der Waals surface area contributed by atoms with Crippen molar-refractivity contribution in [2.75, 3.05) is 0 Å². The van der Waals surface area contributed by atoms with E-state index in [1.807, 2.05) is 31.2 Å². The number of fused-ring (bicyclic) bond motifs is 1. The summed E-state index contributed by atoms with van der Waals surface area (Å²) in [7, 11) is 0. The van der Waals surface area contributed by atoms with E-state index in [1.165, 1.54) is 0 Å². The first kappa shape index (κ1) is 9.52. The van der Waals surface area contributed by atoms with E-state index in [9.17, 15) is 4.79 Å². The molecule has 1 saturated carbocycles. The lowest BCUT2D eigenvalue weighted by atomic mass is 9.93. The van der Waals surface area contributed by atoms with Gasteiger partial charge in [-0.15, -0.1) is 0 Å². The van der Waals surface area contributed by atoms with Crippen LogP contribution in [0, 0.1) is 5.41 Å². The third kappa shape index (κ3) is 1.33. The number of carbonyl (C=O) groups is 1. The fraction of sp³-hybridized carbons (Fsp3) is 0.286. The molecule has 1 aromatic heterocycles. The highest BCUT2D eigenvalue weighted by atomic mass is 16.1. The van der Waals surface area contributed by atoms with Gasteiger partial charge in [-0.25, -0.2) is 0 Å². The Kier molecular flexibility index (Phi) is 1.87. The molecule has 0 aliphatic heterocycles. The summed E-state index contributed by atoms with van der Waals surface area (Å²) < 4.78 is 0. The van der Waals surface area contributed by atoms with Crippen molar-refractivity contribution in [3.05, 3.63) is 42.2 Å². The predicted molar refractivity (Wildman–Crippen MR) is 63.4 cm³/mol. The summed E-state index contributed by atoms with van der Waals surface area (Å²) in [5.74, 6) is 0.270. The number of ketones is 1. The number of hydrogen-bond acceptors (Lipinski definition) is 2. The number of pyridine rings is 1. The lowest BCUT2D eigenvalue weighted by Crippen LogP contribution is -2.12. The third-order valence-corrected chi connectivity index (χ3v) is 3.48. The Morgan fingerprint density at radius 1 is 1.31 bits per heavy atom. The van der Waals surface area contributed by atoms with Crippen molar-refractivity contribution >= 4 is 16.6 Å². The predicted octanol–water partition coefficient (Wildman–Crippen LogP) is 3.22. The normalized spacial score (nSPS) is 17.3. The Hall–Kier alpha value is -1.70. The Morgan fingerprint density at radius 2 is 2.12 bits per heavy atom. The summed E-state index contributed by atoms with van der Waals surface area (Å²) in [4.78, 5) is 16.4. The maximum absolute atomic E-state index is 12.3. The Bertz CT molecular complexity index is 564. The van der Waals surface area contributed by atoms with Crippen LogP contribution in [0.3, 0.4) is 0 Å². The molecule has 3 rings (SSSR count). The number of rotatable bonds is 2. The standard InChI is InChI=1S/C14H13NO/c1-14(6-7-14)13(16)11-4-2-3-10-5-8-15-9-12(10)11/h2-5,8-9H,6-7H2,1H3. The van der Waals surface area contributed by atoms with Crippen molar-refractivity contribution in [3.8, 4) is 0 Å². The summed E-state index contributed by atoms with van der Waals surface area (Å²) >= 11 is 0. The Labute approximate surface area is 94.3 Å². The van der Waals surface area contributed by atoms with Crippen LogP contribution in [0.1, 0.15) is 30.1 Å². The number of aromatic nitrogens is 1. The second-order valence-corrected chi connectivity index (χ2v) is 4.79. The van der Waals surface area contributed by atoms with E-state index in [1.54, 1.807) is 12.4 Å². The number of carbonyl (C=O) groups excluding carboxylic acids is 1. The summed E-state index contributed by atoms with van der Waals surface area (Å²) in [6.07, 6.45) is 5.58. The number of benzene rings is 1. The summed E-state index contributed by atoms with van der Waals surface area (Å²) in [6, 6.07) is 7.82. The molecule has 2 heteroatoms. The highest BCUT2D eigenvalue weighted by Crippen LogP contribution is 2.48. The summed E-state index contributed by atoms with van der Waals surface area (Å²) in [6.45, 7) is 2.05. The van der Waals surface area contributed by atoms with Gasteiger partial charge in [-0.3, -0.25) is 9.78 Å². The molecule has 2 aromatic rings. The molecule has 1 fully saturated rings. The van der Waals surface area contributed by atoms with Gasteiger partial charge in [0.2, 0.25) is 0 Å². The minimum absolute atomic E-state index is 0.107. The fourth-order valence-electron chi connectivity index (χ4n) is 2.05. The monoisotopic (exact) mass is 211 g/mol. The first-order valence-electron chi connectivity index (χ1n) is 5.58. The lowest BCUT2D eigenvalue weighted by molar-refractivity contribution is 0.0914. The minimum atomic E-state index is -0.107. The molecule has 1 aliphatic carbocycles. The molecule has 0 amide bonds. The zero-order chi connectivity index (χ0) is 11.2. The number of hydrogen-bond donors (Lipinski definition) is 0. The molecule has 16 heavy (non-hydrogen) atoms. The van der Waals surface area contributed by atoms with Gasteiger partial charge in [0.1, 0.15) is 0 Å². The van der Waals surface area contributed by atoms with Crippen LogP contribution >= 0.6 is 0 Å². The van der Waals surface area contributed by atoms with Crippen LogP contribution in [0.5, 0.6) is 0 Å². The van der Waals surface area contributed by atoms with Crippen molar-refractivity contribution < 1.29 is 4.79 Å². The van der Waals surface area contributed by atoms with Gasteiger partial charge in [0.05, 0.1) is 0 Å². The largest absolute Gasteiger partial charge is 0.294 e. The van der Waals surface area contributed by atoms with Crippen LogP contribution in [0.25, 0.3) is 10.8 Å². The summed E-state index contributed by atoms with van der Waals surface area (Å²) in [5, 5.41) is 2.06. The van der Waals surface area contributed by atoms with Gasteiger partial charge >= 0.3 is 0 Å². The van der Waals surface area contributed by atoms with E-state index in [0.717, 1.165) is 29.2 Å². The van der Waals surface area contributed by atoms with Gasteiger partial charge < -0.3 is 0 Å². The second kappa shape index (κ2) is 3.14. The van der Waals surface area contributed by atoms with Crippen molar-refractivity contribution in [2.24, 2.45) is 5.41 Å². The molecule has 0 unspecified atom stereocenters. The van der Waals surface area contributed by atoms with Gasteiger partial charge in [0.15, 0.2) is 5.78 Å². The van der Waals surface area contributed by atoms with E-state index in [2.05, 4.69) is 4.98 Å². The van der Waals surface area contributed by atoms with Crippen LogP contribution in [0.15, 0.2) is 36.7 Å². The highest BCUT2D eigenvalue weighted by Gasteiger charge is 2.45. The van der Waals surface area contributed by atoms with E-state index >= 15 is 0 Å². The maximum atomic E-state index is 12.3. The van der Waals surface area contributed by atoms with Crippen molar-refractivity contribution in [3.63, 3.8) is 0 Å². The maximum Gasteiger partial charge on any atom is 0.169 e. The molecule has 0 saturated heterocycles. The Balaban J connectivity index is 2.20. The quantitative estimate of drug-likeness (QED) is 0.714. The van der Waals surface area contributed by atoms with Crippen molar-refractivity contribution in [2.45, 2.75) is 19.8 Å². The van der Waals surface area contributed by atoms with E-state index in [4.69, 9.17) is 0 Å². The smallest absolute Gasteiger partial charge is 0.169 e. The molecule has 0 bridgehead atoms. The first-order chi connectivity index (χ1) is 7.71. The van der Waals surface area contributed by atoms with Crippen LogP contribution in [-0.2, 0) is 0 Å². The average Bonchev–Trinajstić information content (AvgIpc) is 3.07. The molecule has 80 valence electrons. The van der Waals surface area contributed by atoms with Gasteiger partial charge in [0.25, 0.3) is 0 Å². The molecule has 0 N–H and O–H groups in total. The minimum Gasteiger partial charge on any atom is -0.294 e. The van der Waals surface area contributed by atoms with Gasteiger partial charge in [-0.1, -0.05) is 25.1 Å². The average molecular weight is 211 g/mol. The molecule has 1 aliphatic rings. The van der Waals surface area contributed by atoms with Crippen LogP contribution in [-0.4, -0.2) is 10.8 Å². The zero-order valence-electron chi connectivity index (χ0n) is 9.23. The Morgan fingerprint density at radius 3 is 2.88 bits per heavy atom. The van der Waals surface area contributed by atoms with E-state index < -0.39 is 0 Å². The van der Waals surface area contributed by atoms with Crippen molar-refractivity contribution in [1.29, 1.82) is 0 Å². The molecular weight excluding hydrogens is 198 g/mol. The number of nitrogens with zero attached hydrogens (tertiary/aromatic N) is 1. The zero-order valence-corrected chi connectivity index (χ0v) is 9.23. The molecule has 0 radical (unpaired) electrons. The molecule has 2 nitrogen and oxygen atoms in total. The topological polar surface area (TPSA) is 30.0 Å². The third-order valence-electron chi connectivity index (χ3n) is 3.48. The number of Topliss-reactive ketones (excluding diaryl/α,β-unsaturated/α-hetero) is 1. The summed E-state index contributed by atoms with van der Waals surface area (Å²) in [5.41, 5.74) is 0.718. The van der Waals surface area contributed by atoms with E-state index in [-0.39, 0.29) is 11.2 Å². The van der Waals surface area contributed by atoms with Crippen LogP contribution < -0.4 is 0 Å². The highest BCUT2D eigenvalue weighted by molar-refractivity contribution is 6.11. The lowest BCUT2D eigenvalue weighted by Gasteiger charge is -2.09. The van der Waals surface area contributed by atoms with Crippen molar-refractivity contribution in [1.82, 2.24) is 4.98 Å². The molecule has 0 spiro atoms. The van der Waals surface area contributed by atoms with E-state index in [0.29, 0.717) is 0 Å². The second-order valence-electron chi connectivity index (χ2n) is 4.79. The van der Waals surface area contributed by atoms with Crippen LogP contribution in [0.2, 0.25) is 0 Å². The van der Waals surface area contributed by atoms with Gasteiger partial charge in [-0.05, 0) is 24.3 Å². The SMILES string of the molecule is CC1(C(=O)c2cccc3ccncc23)CC1. The molecule has 0 atom stereocenters. The fourth-order valence-corrected chi connectivity index (χ4v) is 2.05.